The molecular formula is C16H33ClN4O3S. The molecule has 3 unspecified atom stereocenters. The van der Waals surface area contributed by atoms with Crippen molar-refractivity contribution in [1.82, 2.24) is 18.8 Å². The minimum absolute atomic E-state index is 0. The van der Waals surface area contributed by atoms with Gasteiger partial charge in [0.15, 0.2) is 0 Å². The number of piperazine rings is 1. The van der Waals surface area contributed by atoms with E-state index < -0.39 is 10.2 Å². The predicted octanol–water partition coefficient (Wildman–Crippen LogP) is 0.379. The minimum atomic E-state index is -3.36. The van der Waals surface area contributed by atoms with Crippen molar-refractivity contribution in [2.45, 2.75) is 38.9 Å². The van der Waals surface area contributed by atoms with Crippen LogP contribution in [0.25, 0.3) is 0 Å². The average Bonchev–Trinajstić information content (AvgIpc) is 2.55. The monoisotopic (exact) mass is 396 g/mol. The van der Waals surface area contributed by atoms with E-state index in [1.807, 2.05) is 13.8 Å². The fourth-order valence-electron chi connectivity index (χ4n) is 4.07. The van der Waals surface area contributed by atoms with Gasteiger partial charge in [0.25, 0.3) is 10.2 Å². The summed E-state index contributed by atoms with van der Waals surface area (Å²) < 4.78 is 34.7. The van der Waals surface area contributed by atoms with Gasteiger partial charge in [-0.3, -0.25) is 0 Å². The van der Waals surface area contributed by atoms with Crippen molar-refractivity contribution >= 4 is 22.6 Å². The highest BCUT2D eigenvalue weighted by Crippen LogP contribution is 2.20. The lowest BCUT2D eigenvalue weighted by Crippen LogP contribution is -2.57. The summed E-state index contributed by atoms with van der Waals surface area (Å²) in [5.41, 5.74) is 0. The van der Waals surface area contributed by atoms with Crippen molar-refractivity contribution < 1.29 is 13.2 Å². The molecule has 7 nitrogen and oxygen atoms in total. The van der Waals surface area contributed by atoms with Crippen LogP contribution in [-0.4, -0.2) is 93.0 Å². The van der Waals surface area contributed by atoms with Crippen molar-refractivity contribution in [3.05, 3.63) is 0 Å². The molecule has 0 aromatic heterocycles. The smallest absolute Gasteiger partial charge is 0.282 e. The van der Waals surface area contributed by atoms with E-state index in [4.69, 9.17) is 4.74 Å². The molecule has 0 aliphatic carbocycles. The number of ether oxygens (including phenoxy) is 1. The summed E-state index contributed by atoms with van der Waals surface area (Å²) in [5.74, 6) is 0.711. The maximum Gasteiger partial charge on any atom is 0.282 e. The van der Waals surface area contributed by atoms with Crippen LogP contribution < -0.4 is 5.32 Å². The topological polar surface area (TPSA) is 65.1 Å². The van der Waals surface area contributed by atoms with Crippen LogP contribution >= 0.6 is 12.4 Å². The van der Waals surface area contributed by atoms with Gasteiger partial charge >= 0.3 is 0 Å². The van der Waals surface area contributed by atoms with E-state index in [0.717, 1.165) is 32.7 Å². The van der Waals surface area contributed by atoms with E-state index in [-0.39, 0.29) is 24.6 Å². The van der Waals surface area contributed by atoms with Gasteiger partial charge in [0.1, 0.15) is 0 Å². The molecule has 0 amide bonds. The Morgan fingerprint density at radius 3 is 2.24 bits per heavy atom. The Balaban J connectivity index is 0.00000225. The van der Waals surface area contributed by atoms with Crippen molar-refractivity contribution in [3.63, 3.8) is 0 Å². The fraction of sp³-hybridized carbons (Fsp3) is 1.00. The number of nitrogens with one attached hydrogen (secondary N) is 1. The van der Waals surface area contributed by atoms with Gasteiger partial charge in [0, 0.05) is 45.8 Å². The molecule has 0 aromatic carbocycles. The molecular weight excluding hydrogens is 364 g/mol. The molecule has 3 saturated heterocycles. The van der Waals surface area contributed by atoms with E-state index in [1.54, 1.807) is 8.61 Å². The Morgan fingerprint density at radius 1 is 1.04 bits per heavy atom. The highest BCUT2D eigenvalue weighted by Gasteiger charge is 2.36. The number of rotatable bonds is 4. The van der Waals surface area contributed by atoms with E-state index in [1.165, 1.54) is 12.8 Å². The number of morpholine rings is 1. The SMILES string of the molecule is CC1CN(S(=O)(=O)N2CCN(CC3CCCNC3)CC2)CC(C)O1.Cl. The quantitative estimate of drug-likeness (QED) is 0.744. The molecule has 3 atom stereocenters. The first-order chi connectivity index (χ1) is 11.4. The summed E-state index contributed by atoms with van der Waals surface area (Å²) in [6.07, 6.45) is 2.47. The molecule has 148 valence electrons. The summed E-state index contributed by atoms with van der Waals surface area (Å²) in [6.45, 7) is 11.0. The lowest BCUT2D eigenvalue weighted by atomic mass is 9.99. The van der Waals surface area contributed by atoms with Crippen LogP contribution in [0.1, 0.15) is 26.7 Å². The van der Waals surface area contributed by atoms with Crippen LogP contribution in [0.3, 0.4) is 0 Å². The third kappa shape index (κ3) is 5.51. The second-order valence-corrected chi connectivity index (χ2v) is 9.42. The van der Waals surface area contributed by atoms with Gasteiger partial charge in [0.05, 0.1) is 12.2 Å². The highest BCUT2D eigenvalue weighted by atomic mass is 35.5. The fourth-order valence-corrected chi connectivity index (χ4v) is 5.82. The zero-order chi connectivity index (χ0) is 17.2. The molecule has 3 heterocycles. The van der Waals surface area contributed by atoms with E-state index in [0.29, 0.717) is 32.1 Å². The Kier molecular flexibility index (Phi) is 7.94. The molecule has 1 N–H and O–H groups in total. The molecule has 3 aliphatic heterocycles. The van der Waals surface area contributed by atoms with Crippen molar-refractivity contribution in [1.29, 1.82) is 0 Å². The molecule has 3 aliphatic rings. The first-order valence-corrected chi connectivity index (χ1v) is 10.7. The molecule has 0 saturated carbocycles. The molecule has 25 heavy (non-hydrogen) atoms. The molecule has 0 aromatic rings. The maximum atomic E-state index is 12.9. The van der Waals surface area contributed by atoms with Crippen LogP contribution in [-0.2, 0) is 14.9 Å². The average molecular weight is 397 g/mol. The van der Waals surface area contributed by atoms with Crippen molar-refractivity contribution in [2.75, 3.05) is 58.9 Å². The molecule has 0 spiro atoms. The number of hydrogen-bond acceptors (Lipinski definition) is 5. The van der Waals surface area contributed by atoms with E-state index in [9.17, 15) is 8.42 Å². The normalized spacial score (nSPS) is 33.8. The zero-order valence-electron chi connectivity index (χ0n) is 15.4. The summed E-state index contributed by atoms with van der Waals surface area (Å²) in [5, 5.41) is 3.46. The van der Waals surface area contributed by atoms with Gasteiger partial charge in [-0.2, -0.15) is 17.0 Å². The predicted molar refractivity (Wildman–Crippen MR) is 101 cm³/mol. The molecule has 3 rings (SSSR count). The number of halogens is 1. The Bertz CT molecular complexity index is 498. The standard InChI is InChI=1S/C16H32N4O3S.ClH/c1-14-11-20(12-15(2)23-14)24(21,22)19-8-6-18(7-9-19)13-16-4-3-5-17-10-16;/h14-17H,3-13H2,1-2H3;1H. The third-order valence-electron chi connectivity index (χ3n) is 5.29. The van der Waals surface area contributed by atoms with Crippen LogP contribution in [0.2, 0.25) is 0 Å². The van der Waals surface area contributed by atoms with Crippen LogP contribution in [0.5, 0.6) is 0 Å². The van der Waals surface area contributed by atoms with Gasteiger partial charge in [0.2, 0.25) is 0 Å². The van der Waals surface area contributed by atoms with Gasteiger partial charge in [-0.05, 0) is 45.7 Å². The Hall–Kier alpha value is 0.0400. The van der Waals surface area contributed by atoms with Gasteiger partial charge in [-0.25, -0.2) is 0 Å². The molecule has 3 fully saturated rings. The van der Waals surface area contributed by atoms with E-state index in [2.05, 4.69) is 10.2 Å². The van der Waals surface area contributed by atoms with Crippen LogP contribution in [0.4, 0.5) is 0 Å². The summed E-state index contributed by atoms with van der Waals surface area (Å²) in [6, 6.07) is 0. The number of hydrogen-bond donors (Lipinski definition) is 1. The largest absolute Gasteiger partial charge is 0.373 e. The number of piperidine rings is 1. The van der Waals surface area contributed by atoms with Gasteiger partial charge in [-0.1, -0.05) is 0 Å². The van der Waals surface area contributed by atoms with Crippen molar-refractivity contribution in [3.8, 4) is 0 Å². The second kappa shape index (κ2) is 9.30. The van der Waals surface area contributed by atoms with Crippen molar-refractivity contribution in [2.24, 2.45) is 5.92 Å². The van der Waals surface area contributed by atoms with Gasteiger partial charge in [-0.15, -0.1) is 12.4 Å². The van der Waals surface area contributed by atoms with Crippen LogP contribution in [0, 0.1) is 5.92 Å². The first kappa shape index (κ1) is 21.3. The lowest BCUT2D eigenvalue weighted by molar-refractivity contribution is -0.0458. The Labute approximate surface area is 158 Å². The summed E-state index contributed by atoms with van der Waals surface area (Å²) >= 11 is 0. The zero-order valence-corrected chi connectivity index (χ0v) is 17.0. The van der Waals surface area contributed by atoms with Gasteiger partial charge < -0.3 is 15.0 Å². The highest BCUT2D eigenvalue weighted by molar-refractivity contribution is 7.86. The molecule has 9 heteroatoms. The lowest BCUT2D eigenvalue weighted by Gasteiger charge is -2.41. The van der Waals surface area contributed by atoms with E-state index >= 15 is 0 Å². The van der Waals surface area contributed by atoms with Crippen LogP contribution in [0.15, 0.2) is 0 Å². The first-order valence-electron chi connectivity index (χ1n) is 9.29. The Morgan fingerprint density at radius 2 is 1.68 bits per heavy atom. The maximum absolute atomic E-state index is 12.9. The summed E-state index contributed by atoms with van der Waals surface area (Å²) in [4.78, 5) is 2.42. The number of nitrogens with zero attached hydrogens (tertiary/aromatic N) is 3. The molecule has 0 radical (unpaired) electrons. The molecule has 0 bridgehead atoms. The summed E-state index contributed by atoms with van der Waals surface area (Å²) in [7, 11) is -3.36. The second-order valence-electron chi connectivity index (χ2n) is 7.49. The minimum Gasteiger partial charge on any atom is -0.373 e. The third-order valence-corrected chi connectivity index (χ3v) is 7.25.